The number of pyridine rings is 1. The van der Waals surface area contributed by atoms with Gasteiger partial charge in [0, 0.05) is 86.3 Å². The van der Waals surface area contributed by atoms with Gasteiger partial charge in [-0.05, 0) is 67.7 Å². The summed E-state index contributed by atoms with van der Waals surface area (Å²) in [6.07, 6.45) is 12.7. The van der Waals surface area contributed by atoms with Gasteiger partial charge in [-0.1, -0.05) is 6.08 Å². The molecule has 2 amide bonds. The Morgan fingerprint density at radius 1 is 1.08 bits per heavy atom. The Labute approximate surface area is 281 Å². The predicted octanol–water partition coefficient (Wildman–Crippen LogP) is 4.76. The molecule has 1 atom stereocenters. The van der Waals surface area contributed by atoms with E-state index in [1.54, 1.807) is 43.1 Å². The third-order valence-corrected chi connectivity index (χ3v) is 10.5. The number of methoxy groups -OCH3 is 1. The number of thiazole rings is 1. The smallest absolute Gasteiger partial charge is 0.258 e. The summed E-state index contributed by atoms with van der Waals surface area (Å²) in [7, 11) is 1.56. The Morgan fingerprint density at radius 3 is 2.75 bits per heavy atom. The van der Waals surface area contributed by atoms with E-state index in [2.05, 4.69) is 47.6 Å². The number of nitrogens with one attached hydrogen (secondary N) is 2. The van der Waals surface area contributed by atoms with Gasteiger partial charge in [0.2, 0.25) is 5.91 Å². The summed E-state index contributed by atoms with van der Waals surface area (Å²) in [5.74, 6) is 1.02. The van der Waals surface area contributed by atoms with Gasteiger partial charge in [-0.15, -0.1) is 11.3 Å². The number of H-pyrrole nitrogens is 1. The summed E-state index contributed by atoms with van der Waals surface area (Å²) in [4.78, 5) is 49.6. The van der Waals surface area contributed by atoms with Gasteiger partial charge in [0.1, 0.15) is 10.7 Å². The van der Waals surface area contributed by atoms with Gasteiger partial charge in [0.15, 0.2) is 11.4 Å². The molecule has 4 aromatic heterocycles. The number of likely N-dealkylation sites (tertiary alicyclic amines) is 1. The largest absolute Gasteiger partial charge is 0.367 e. The molecular weight excluding hydrogens is 627 g/mol. The summed E-state index contributed by atoms with van der Waals surface area (Å²) >= 11 is 1.56. The molecule has 2 aliphatic heterocycles. The van der Waals surface area contributed by atoms with Crippen LogP contribution in [0.4, 0.5) is 5.69 Å². The minimum Gasteiger partial charge on any atom is -0.367 e. The number of anilines is 1. The second kappa shape index (κ2) is 12.6. The van der Waals surface area contributed by atoms with Crippen LogP contribution in [0.5, 0.6) is 0 Å². The molecule has 0 unspecified atom stereocenters. The van der Waals surface area contributed by atoms with Crippen molar-refractivity contribution in [1.82, 2.24) is 39.9 Å². The minimum absolute atomic E-state index is 0.0361. The van der Waals surface area contributed by atoms with Crippen LogP contribution >= 0.6 is 11.3 Å². The fraction of sp³-hybridized carbons (Fsp3) is 0.343. The van der Waals surface area contributed by atoms with Crippen molar-refractivity contribution in [2.24, 2.45) is 0 Å². The van der Waals surface area contributed by atoms with Gasteiger partial charge < -0.3 is 15.0 Å². The monoisotopic (exact) mass is 661 g/mol. The summed E-state index contributed by atoms with van der Waals surface area (Å²) < 4.78 is 5.87. The van der Waals surface area contributed by atoms with Crippen LogP contribution < -0.4 is 5.32 Å². The molecule has 1 aliphatic carbocycles. The fourth-order valence-corrected chi connectivity index (χ4v) is 7.46. The van der Waals surface area contributed by atoms with Crippen molar-refractivity contribution < 1.29 is 14.3 Å². The molecule has 2 N–H and O–H groups in total. The molecule has 5 aromatic rings. The van der Waals surface area contributed by atoms with Crippen LogP contribution in [0.15, 0.2) is 67.3 Å². The highest BCUT2D eigenvalue weighted by atomic mass is 32.1. The van der Waals surface area contributed by atoms with Gasteiger partial charge in [-0.2, -0.15) is 5.10 Å². The third-order valence-electron chi connectivity index (χ3n) is 9.47. The number of fused-ring (bicyclic) bond motifs is 1. The lowest BCUT2D eigenvalue weighted by molar-refractivity contribution is -0.138. The van der Waals surface area contributed by atoms with Gasteiger partial charge in [-0.3, -0.25) is 24.6 Å². The molecule has 0 radical (unpaired) electrons. The Bertz CT molecular complexity index is 2020. The molecule has 1 saturated carbocycles. The zero-order chi connectivity index (χ0) is 32.7. The lowest BCUT2D eigenvalue weighted by atomic mass is 10.0. The topological polar surface area (TPSA) is 142 Å². The summed E-state index contributed by atoms with van der Waals surface area (Å²) in [6.45, 7) is 2.29. The van der Waals surface area contributed by atoms with E-state index in [-0.39, 0.29) is 18.4 Å². The molecular formula is C35H35N9O3S. The second-order valence-corrected chi connectivity index (χ2v) is 13.6. The lowest BCUT2D eigenvalue weighted by Gasteiger charge is -2.29. The number of carbonyl (C=O) groups excluding carboxylic acids is 2. The molecule has 2 fully saturated rings. The van der Waals surface area contributed by atoms with Crippen molar-refractivity contribution in [3.05, 3.63) is 78.0 Å². The van der Waals surface area contributed by atoms with Gasteiger partial charge in [0.25, 0.3) is 5.91 Å². The molecule has 48 heavy (non-hydrogen) atoms. The number of carbonyl (C=O) groups is 2. The zero-order valence-electron chi connectivity index (χ0n) is 26.6. The number of amides is 2. The van der Waals surface area contributed by atoms with Crippen molar-refractivity contribution >= 4 is 45.3 Å². The maximum atomic E-state index is 13.7. The van der Waals surface area contributed by atoms with Crippen molar-refractivity contribution in [3.8, 4) is 22.0 Å². The average Bonchev–Trinajstić information content (AvgIpc) is 3.49. The second-order valence-electron chi connectivity index (χ2n) is 12.6. The highest BCUT2D eigenvalue weighted by molar-refractivity contribution is 7.16. The number of rotatable bonds is 9. The number of ether oxygens (including phenoxy) is 1. The van der Waals surface area contributed by atoms with Crippen molar-refractivity contribution in [3.63, 3.8) is 0 Å². The first-order valence-electron chi connectivity index (χ1n) is 16.2. The normalized spacial score (nSPS) is 19.9. The Balaban J connectivity index is 0.894. The molecule has 1 saturated heterocycles. The summed E-state index contributed by atoms with van der Waals surface area (Å²) in [5, 5.41) is 12.6. The van der Waals surface area contributed by atoms with Crippen LogP contribution in [0.1, 0.15) is 42.3 Å². The van der Waals surface area contributed by atoms with Crippen molar-refractivity contribution in [2.45, 2.75) is 37.2 Å². The maximum absolute atomic E-state index is 13.7. The van der Waals surface area contributed by atoms with Crippen LogP contribution in [-0.2, 0) is 14.3 Å². The highest BCUT2D eigenvalue weighted by Gasteiger charge is 2.45. The first-order valence-corrected chi connectivity index (χ1v) is 17.0. The quantitative estimate of drug-likeness (QED) is 0.229. The molecule has 0 bridgehead atoms. The van der Waals surface area contributed by atoms with Crippen molar-refractivity contribution in [1.29, 1.82) is 0 Å². The number of nitrogens with zero attached hydrogens (tertiary/aromatic N) is 7. The summed E-state index contributed by atoms with van der Waals surface area (Å²) in [5.41, 5.74) is 4.56. The number of benzene rings is 1. The van der Waals surface area contributed by atoms with Gasteiger partial charge >= 0.3 is 0 Å². The van der Waals surface area contributed by atoms with E-state index in [1.165, 1.54) is 12.8 Å². The van der Waals surface area contributed by atoms with E-state index >= 15 is 0 Å². The summed E-state index contributed by atoms with van der Waals surface area (Å²) in [6, 6.07) is 11.6. The van der Waals surface area contributed by atoms with E-state index in [0.29, 0.717) is 50.0 Å². The average molecular weight is 662 g/mol. The van der Waals surface area contributed by atoms with Gasteiger partial charge in [0.05, 0.1) is 16.9 Å². The van der Waals surface area contributed by atoms with Crippen LogP contribution in [0.2, 0.25) is 0 Å². The van der Waals surface area contributed by atoms with E-state index in [0.717, 1.165) is 49.7 Å². The lowest BCUT2D eigenvalue weighted by Crippen LogP contribution is -2.48. The van der Waals surface area contributed by atoms with Crippen LogP contribution in [0.25, 0.3) is 38.4 Å². The fourth-order valence-electron chi connectivity index (χ4n) is 6.53. The first kappa shape index (κ1) is 30.5. The Kier molecular flexibility index (Phi) is 8.03. The standard InChI is InChI=1S/C35H35N9O3S/c1-47-35(34(46)40-25-5-6-27-26(18-25)31(42-41-27)24-7-13-36-28(17-24)22-3-4-22)10-16-43(21-35)20-30(45)44-14-8-23(9-15-44)33-39-19-29(48-33)32-37-11-2-12-38-32/h2,5-8,11-13,17-19,22H,3-4,9-10,14-16,20-21H2,1H3,(H,40,46)(H,41,42)/t35-/m0/s1. The number of hydrogen-bond donors (Lipinski definition) is 2. The molecule has 8 rings (SSSR count). The van der Waals surface area contributed by atoms with Crippen LogP contribution in [0.3, 0.4) is 0 Å². The Morgan fingerprint density at radius 2 is 1.96 bits per heavy atom. The molecule has 0 spiro atoms. The highest BCUT2D eigenvalue weighted by Crippen LogP contribution is 2.40. The molecule has 3 aliphatic rings. The van der Waals surface area contributed by atoms with Gasteiger partial charge in [-0.25, -0.2) is 15.0 Å². The Hall–Kier alpha value is -4.85. The third kappa shape index (κ3) is 6.00. The zero-order valence-corrected chi connectivity index (χ0v) is 27.4. The predicted molar refractivity (Wildman–Crippen MR) is 183 cm³/mol. The van der Waals surface area contributed by atoms with Crippen LogP contribution in [0, 0.1) is 0 Å². The van der Waals surface area contributed by atoms with Crippen molar-refractivity contribution in [2.75, 3.05) is 45.2 Å². The SMILES string of the molecule is CO[C@@]1(C(=O)Nc2ccc3[nH]nc(-c4ccnc(C5CC5)c4)c3c2)CCN(CC(=O)N2CC=C(c3ncc(-c4ncccn4)s3)CC2)C1. The number of hydrogen-bond acceptors (Lipinski definition) is 10. The molecule has 244 valence electrons. The van der Waals surface area contributed by atoms with E-state index in [1.807, 2.05) is 40.3 Å². The first-order chi connectivity index (χ1) is 23.5. The number of aromatic nitrogens is 6. The molecule has 1 aromatic carbocycles. The molecule has 13 heteroatoms. The van der Waals surface area contributed by atoms with E-state index in [4.69, 9.17) is 4.74 Å². The maximum Gasteiger partial charge on any atom is 0.258 e. The minimum atomic E-state index is -1.06. The molecule has 12 nitrogen and oxygen atoms in total. The molecule has 6 heterocycles. The van der Waals surface area contributed by atoms with E-state index in [9.17, 15) is 9.59 Å². The van der Waals surface area contributed by atoms with E-state index < -0.39 is 5.60 Å². The van der Waals surface area contributed by atoms with Crippen LogP contribution in [-0.4, -0.2) is 97.2 Å². The number of aromatic amines is 1.